The summed E-state index contributed by atoms with van der Waals surface area (Å²) in [5, 5.41) is 5.13. The van der Waals surface area contributed by atoms with Gasteiger partial charge in [0.2, 0.25) is 0 Å². The molecule has 0 amide bonds. The van der Waals surface area contributed by atoms with Crippen molar-refractivity contribution in [3.8, 4) is 0 Å². The molecule has 0 aliphatic heterocycles. The summed E-state index contributed by atoms with van der Waals surface area (Å²) in [6.07, 6.45) is 0. The lowest BCUT2D eigenvalue weighted by molar-refractivity contribution is 0.490. The van der Waals surface area contributed by atoms with Crippen molar-refractivity contribution in [1.29, 1.82) is 0 Å². The number of rotatable bonds is 3. The molecule has 1 heterocycles. The molecule has 3 aromatic rings. The minimum Gasteiger partial charge on any atom is -0.459 e. The second kappa shape index (κ2) is 5.84. The predicted molar refractivity (Wildman–Crippen MR) is 91.0 cm³/mol. The zero-order valence-electron chi connectivity index (χ0n) is 11.8. The van der Waals surface area contributed by atoms with Crippen LogP contribution in [-0.2, 0) is 0 Å². The lowest BCUT2D eigenvalue weighted by atomic mass is 10.0. The van der Waals surface area contributed by atoms with Crippen LogP contribution in [0.4, 0.5) is 0 Å². The van der Waals surface area contributed by atoms with Gasteiger partial charge < -0.3 is 9.73 Å². The monoisotopic (exact) mass is 363 g/mol. The third kappa shape index (κ3) is 2.73. The summed E-state index contributed by atoms with van der Waals surface area (Å²) >= 11 is 9.54. The Morgan fingerprint density at radius 1 is 1.19 bits per heavy atom. The normalized spacial score (nSPS) is 12.8. The zero-order valence-corrected chi connectivity index (χ0v) is 14.1. The molecule has 0 aliphatic rings. The summed E-state index contributed by atoms with van der Waals surface area (Å²) < 4.78 is 6.95. The number of nitrogens with one attached hydrogen (secondary N) is 1. The summed E-state index contributed by atoms with van der Waals surface area (Å²) in [6, 6.07) is 14.2. The van der Waals surface area contributed by atoms with Gasteiger partial charge in [0, 0.05) is 9.86 Å². The summed E-state index contributed by atoms with van der Waals surface area (Å²) in [5.74, 6) is 0.899. The van der Waals surface area contributed by atoms with Crippen molar-refractivity contribution < 1.29 is 4.42 Å². The Kier molecular flexibility index (Phi) is 4.07. The van der Waals surface area contributed by atoms with E-state index in [1.54, 1.807) is 0 Å². The quantitative estimate of drug-likeness (QED) is 0.667. The molecule has 21 heavy (non-hydrogen) atoms. The maximum atomic E-state index is 6.07. The molecule has 3 rings (SSSR count). The van der Waals surface area contributed by atoms with Crippen LogP contribution in [0.3, 0.4) is 0 Å². The predicted octanol–water partition coefficient (Wildman–Crippen LogP) is 5.47. The first kappa shape index (κ1) is 14.6. The van der Waals surface area contributed by atoms with Gasteiger partial charge in [-0.3, -0.25) is 0 Å². The van der Waals surface area contributed by atoms with Crippen molar-refractivity contribution in [2.75, 3.05) is 7.05 Å². The molecule has 1 aromatic heterocycles. The molecule has 0 bridgehead atoms. The van der Waals surface area contributed by atoms with Crippen molar-refractivity contribution in [1.82, 2.24) is 5.32 Å². The van der Waals surface area contributed by atoms with E-state index in [2.05, 4.69) is 46.4 Å². The SMILES string of the molecule is CNC(c1ccc(Cl)c(Br)c1)c1cc2cccc(C)c2o1. The van der Waals surface area contributed by atoms with E-state index in [0.717, 1.165) is 32.3 Å². The number of furan rings is 1. The van der Waals surface area contributed by atoms with Gasteiger partial charge in [0.1, 0.15) is 11.3 Å². The van der Waals surface area contributed by atoms with Crippen LogP contribution in [0.25, 0.3) is 11.0 Å². The van der Waals surface area contributed by atoms with Crippen LogP contribution in [0.15, 0.2) is 51.4 Å². The number of benzene rings is 2. The second-order valence-electron chi connectivity index (χ2n) is 5.04. The first-order chi connectivity index (χ1) is 10.1. The van der Waals surface area contributed by atoms with Crippen molar-refractivity contribution in [3.63, 3.8) is 0 Å². The molecule has 0 spiro atoms. The van der Waals surface area contributed by atoms with E-state index in [4.69, 9.17) is 16.0 Å². The number of hydrogen-bond acceptors (Lipinski definition) is 2. The molecule has 0 saturated heterocycles. The third-order valence-electron chi connectivity index (χ3n) is 3.61. The highest BCUT2D eigenvalue weighted by Gasteiger charge is 2.18. The van der Waals surface area contributed by atoms with E-state index in [1.807, 2.05) is 31.3 Å². The Morgan fingerprint density at radius 3 is 2.67 bits per heavy atom. The fourth-order valence-corrected chi connectivity index (χ4v) is 3.05. The Balaban J connectivity index is 2.09. The maximum Gasteiger partial charge on any atom is 0.137 e. The summed E-state index contributed by atoms with van der Waals surface area (Å²) in [5.41, 5.74) is 3.19. The molecule has 0 saturated carbocycles. The lowest BCUT2D eigenvalue weighted by Gasteiger charge is -2.14. The minimum absolute atomic E-state index is 0.00892. The first-order valence-electron chi connectivity index (χ1n) is 6.71. The van der Waals surface area contributed by atoms with Crippen molar-refractivity contribution in [3.05, 3.63) is 68.8 Å². The van der Waals surface area contributed by atoms with Crippen LogP contribution in [0.5, 0.6) is 0 Å². The molecule has 1 N–H and O–H groups in total. The molecule has 1 unspecified atom stereocenters. The van der Waals surface area contributed by atoms with Crippen LogP contribution < -0.4 is 5.32 Å². The number of fused-ring (bicyclic) bond motifs is 1. The molecule has 0 aliphatic carbocycles. The largest absolute Gasteiger partial charge is 0.459 e. The topological polar surface area (TPSA) is 25.2 Å². The molecule has 0 fully saturated rings. The Bertz CT molecular complexity index is 797. The average molecular weight is 365 g/mol. The van der Waals surface area contributed by atoms with E-state index >= 15 is 0 Å². The van der Waals surface area contributed by atoms with Gasteiger partial charge in [0.25, 0.3) is 0 Å². The number of para-hydroxylation sites is 1. The van der Waals surface area contributed by atoms with Gasteiger partial charge >= 0.3 is 0 Å². The van der Waals surface area contributed by atoms with E-state index in [9.17, 15) is 0 Å². The van der Waals surface area contributed by atoms with E-state index in [0.29, 0.717) is 5.02 Å². The molecule has 2 aromatic carbocycles. The summed E-state index contributed by atoms with van der Waals surface area (Å²) in [4.78, 5) is 0. The highest BCUT2D eigenvalue weighted by molar-refractivity contribution is 9.10. The molecular formula is C17H15BrClNO. The first-order valence-corrected chi connectivity index (χ1v) is 7.88. The van der Waals surface area contributed by atoms with Crippen LogP contribution in [0.1, 0.15) is 22.9 Å². The Morgan fingerprint density at radius 2 is 2.00 bits per heavy atom. The van der Waals surface area contributed by atoms with Crippen LogP contribution in [0.2, 0.25) is 5.02 Å². The number of hydrogen-bond donors (Lipinski definition) is 1. The number of aryl methyl sites for hydroxylation is 1. The highest BCUT2D eigenvalue weighted by Crippen LogP contribution is 2.32. The third-order valence-corrected chi connectivity index (χ3v) is 4.82. The van der Waals surface area contributed by atoms with Gasteiger partial charge in [0.15, 0.2) is 0 Å². The van der Waals surface area contributed by atoms with E-state index < -0.39 is 0 Å². The van der Waals surface area contributed by atoms with Crippen LogP contribution in [0, 0.1) is 6.92 Å². The summed E-state index contributed by atoms with van der Waals surface area (Å²) in [7, 11) is 1.92. The van der Waals surface area contributed by atoms with Crippen LogP contribution >= 0.6 is 27.5 Å². The van der Waals surface area contributed by atoms with Crippen molar-refractivity contribution in [2.24, 2.45) is 0 Å². The zero-order chi connectivity index (χ0) is 15.0. The Hall–Kier alpha value is -1.29. The van der Waals surface area contributed by atoms with Crippen LogP contribution in [-0.4, -0.2) is 7.05 Å². The van der Waals surface area contributed by atoms with E-state index in [1.165, 1.54) is 0 Å². The lowest BCUT2D eigenvalue weighted by Crippen LogP contribution is -2.16. The van der Waals surface area contributed by atoms with Gasteiger partial charge in [-0.25, -0.2) is 0 Å². The second-order valence-corrected chi connectivity index (χ2v) is 6.30. The molecule has 2 nitrogen and oxygen atoms in total. The fourth-order valence-electron chi connectivity index (χ4n) is 2.54. The average Bonchev–Trinajstić information content (AvgIpc) is 2.89. The minimum atomic E-state index is -0.00892. The van der Waals surface area contributed by atoms with Gasteiger partial charge in [-0.05, 0) is 59.2 Å². The standard InChI is InChI=1S/C17H15BrClNO/c1-10-4-3-5-12-9-15(21-17(10)12)16(20-2)11-6-7-14(19)13(18)8-11/h3-9,16,20H,1-2H3. The summed E-state index contributed by atoms with van der Waals surface area (Å²) in [6.45, 7) is 2.06. The molecular weight excluding hydrogens is 350 g/mol. The smallest absolute Gasteiger partial charge is 0.137 e. The van der Waals surface area contributed by atoms with Gasteiger partial charge in [-0.15, -0.1) is 0 Å². The highest BCUT2D eigenvalue weighted by atomic mass is 79.9. The molecule has 0 radical (unpaired) electrons. The van der Waals surface area contributed by atoms with Gasteiger partial charge in [0.05, 0.1) is 11.1 Å². The molecule has 1 atom stereocenters. The van der Waals surface area contributed by atoms with Gasteiger partial charge in [-0.2, -0.15) is 0 Å². The van der Waals surface area contributed by atoms with Crippen molar-refractivity contribution in [2.45, 2.75) is 13.0 Å². The van der Waals surface area contributed by atoms with E-state index in [-0.39, 0.29) is 6.04 Å². The maximum absolute atomic E-state index is 6.07. The molecule has 4 heteroatoms. The fraction of sp³-hybridized carbons (Fsp3) is 0.176. The number of halogens is 2. The van der Waals surface area contributed by atoms with Gasteiger partial charge in [-0.1, -0.05) is 35.9 Å². The van der Waals surface area contributed by atoms with Crippen molar-refractivity contribution >= 4 is 38.5 Å². The Labute approximate surface area is 137 Å². The molecule has 108 valence electrons.